The van der Waals surface area contributed by atoms with Crippen molar-refractivity contribution >= 4 is 23.4 Å². The molecule has 2 aromatic carbocycles. The zero-order valence-electron chi connectivity index (χ0n) is 21.2. The quantitative estimate of drug-likeness (QED) is 0.441. The molecule has 2 heterocycles. The number of aryl methyl sites for hydroxylation is 1. The molecule has 1 saturated heterocycles. The number of amides is 2. The predicted molar refractivity (Wildman–Crippen MR) is 144 cm³/mol. The molecule has 0 unspecified atom stereocenters. The molecule has 3 aromatic rings. The molecule has 37 heavy (non-hydrogen) atoms. The van der Waals surface area contributed by atoms with Crippen molar-refractivity contribution in [1.82, 2.24) is 14.8 Å². The molecule has 2 N–H and O–H groups in total. The van der Waals surface area contributed by atoms with Crippen molar-refractivity contribution in [3.8, 4) is 11.6 Å². The molecule has 196 valence electrons. The van der Waals surface area contributed by atoms with E-state index < -0.39 is 5.91 Å². The largest absolute Gasteiger partial charge is 0.438 e. The van der Waals surface area contributed by atoms with Gasteiger partial charge < -0.3 is 25.0 Å². The molecule has 1 aliphatic heterocycles. The molecule has 2 amide bonds. The highest BCUT2D eigenvalue weighted by molar-refractivity contribution is 6.30. The van der Waals surface area contributed by atoms with E-state index in [1.54, 1.807) is 36.4 Å². The van der Waals surface area contributed by atoms with Gasteiger partial charge in [-0.1, -0.05) is 41.4 Å². The third-order valence-electron chi connectivity index (χ3n) is 5.73. The van der Waals surface area contributed by atoms with Gasteiger partial charge in [0.15, 0.2) is 0 Å². The molecule has 0 saturated carbocycles. The molecule has 0 spiro atoms. The van der Waals surface area contributed by atoms with E-state index in [4.69, 9.17) is 26.8 Å². The van der Waals surface area contributed by atoms with Crippen LogP contribution in [0.3, 0.4) is 0 Å². The average Bonchev–Trinajstić information content (AvgIpc) is 2.89. The summed E-state index contributed by atoms with van der Waals surface area (Å²) in [5.41, 5.74) is 7.85. The Morgan fingerprint density at radius 2 is 1.76 bits per heavy atom. The van der Waals surface area contributed by atoms with E-state index in [0.29, 0.717) is 30.4 Å². The van der Waals surface area contributed by atoms with Crippen LogP contribution < -0.4 is 10.5 Å². The second-order valence-electron chi connectivity index (χ2n) is 8.75. The van der Waals surface area contributed by atoms with Gasteiger partial charge in [-0.2, -0.15) is 0 Å². The number of carbonyl (C=O) groups excluding carboxylic acids is 2. The average molecular weight is 525 g/mol. The third-order valence-corrected chi connectivity index (χ3v) is 5.98. The van der Waals surface area contributed by atoms with Gasteiger partial charge in [0.2, 0.25) is 11.8 Å². The lowest BCUT2D eigenvalue weighted by atomic mass is 10.1. The van der Waals surface area contributed by atoms with Crippen LogP contribution >= 0.6 is 11.6 Å². The van der Waals surface area contributed by atoms with E-state index in [9.17, 15) is 9.59 Å². The summed E-state index contributed by atoms with van der Waals surface area (Å²) in [6.45, 7) is 6.77. The number of hydrogen-bond acceptors (Lipinski definition) is 6. The molecule has 0 radical (unpaired) electrons. The van der Waals surface area contributed by atoms with Crippen molar-refractivity contribution in [3.63, 3.8) is 0 Å². The van der Waals surface area contributed by atoms with Gasteiger partial charge >= 0.3 is 0 Å². The highest BCUT2D eigenvalue weighted by atomic mass is 35.5. The van der Waals surface area contributed by atoms with Crippen LogP contribution in [0.2, 0.25) is 5.02 Å². The first-order chi connectivity index (χ1) is 17.8. The number of aromatic nitrogens is 1. The van der Waals surface area contributed by atoms with Crippen molar-refractivity contribution in [1.29, 1.82) is 0 Å². The fourth-order valence-corrected chi connectivity index (χ4v) is 3.77. The Morgan fingerprint density at radius 1 is 1.03 bits per heavy atom. The Hall–Kier alpha value is -3.46. The number of pyridine rings is 1. The number of nitrogens with two attached hydrogens (primary N) is 1. The topological polar surface area (TPSA) is 98.0 Å². The van der Waals surface area contributed by atoms with Gasteiger partial charge in [-0.25, -0.2) is 4.98 Å². The normalized spacial score (nSPS) is 13.4. The predicted octanol–water partition coefficient (Wildman–Crippen LogP) is 4.30. The Kier molecular flexibility index (Phi) is 10.9. The van der Waals surface area contributed by atoms with Crippen molar-refractivity contribution in [2.24, 2.45) is 5.73 Å². The van der Waals surface area contributed by atoms with Crippen LogP contribution in [0.1, 0.15) is 27.9 Å². The highest BCUT2D eigenvalue weighted by Gasteiger charge is 2.18. The van der Waals surface area contributed by atoms with Crippen LogP contribution in [0.4, 0.5) is 0 Å². The Morgan fingerprint density at radius 3 is 2.43 bits per heavy atom. The number of primary amides is 1. The molecular formula is C28H33ClN4O4. The first kappa shape index (κ1) is 28.1. The summed E-state index contributed by atoms with van der Waals surface area (Å²) in [6.07, 6.45) is 2.01. The molecule has 1 aromatic heterocycles. The van der Waals surface area contributed by atoms with Crippen LogP contribution in [0.15, 0.2) is 66.9 Å². The van der Waals surface area contributed by atoms with Crippen LogP contribution in [0.5, 0.6) is 11.6 Å². The van der Waals surface area contributed by atoms with Gasteiger partial charge in [0.05, 0.1) is 19.6 Å². The van der Waals surface area contributed by atoms with E-state index in [1.165, 1.54) is 11.8 Å². The van der Waals surface area contributed by atoms with Crippen LogP contribution in [-0.4, -0.2) is 66.4 Å². The van der Waals surface area contributed by atoms with Crippen LogP contribution in [0.25, 0.3) is 0 Å². The van der Waals surface area contributed by atoms with Gasteiger partial charge in [0.1, 0.15) is 11.3 Å². The maximum Gasteiger partial charge on any atom is 0.254 e. The van der Waals surface area contributed by atoms with E-state index >= 15 is 0 Å². The summed E-state index contributed by atoms with van der Waals surface area (Å²) >= 11 is 5.75. The van der Waals surface area contributed by atoms with Crippen LogP contribution in [0, 0.1) is 6.92 Å². The fraction of sp³-hybridized carbons (Fsp3) is 0.321. The number of halogens is 1. The minimum atomic E-state index is -0.581. The molecular weight excluding hydrogens is 492 g/mol. The molecule has 1 fully saturated rings. The van der Waals surface area contributed by atoms with E-state index in [0.717, 1.165) is 31.7 Å². The minimum absolute atomic E-state index is 0.183. The number of nitrogens with zero attached hydrogens (tertiary/aromatic N) is 3. The minimum Gasteiger partial charge on any atom is -0.438 e. The van der Waals surface area contributed by atoms with Crippen molar-refractivity contribution in [3.05, 3.63) is 88.6 Å². The summed E-state index contributed by atoms with van der Waals surface area (Å²) in [5.74, 6) is 0.349. The first-order valence-corrected chi connectivity index (χ1v) is 12.5. The van der Waals surface area contributed by atoms with Gasteiger partial charge in [0.25, 0.3) is 5.91 Å². The number of carbonyl (C=O) groups is 2. The fourth-order valence-electron chi connectivity index (χ4n) is 3.64. The summed E-state index contributed by atoms with van der Waals surface area (Å²) in [6, 6.07) is 18.2. The maximum absolute atomic E-state index is 12.0. The maximum atomic E-state index is 12.0. The number of ether oxygens (including phenoxy) is 2. The number of rotatable bonds is 8. The summed E-state index contributed by atoms with van der Waals surface area (Å²) in [7, 11) is 2.09. The van der Waals surface area contributed by atoms with E-state index in [1.807, 2.05) is 11.0 Å². The van der Waals surface area contributed by atoms with Crippen molar-refractivity contribution in [2.75, 3.05) is 39.8 Å². The number of piperazine rings is 1. The molecule has 0 bridgehead atoms. The highest BCUT2D eigenvalue weighted by Crippen LogP contribution is 2.23. The lowest BCUT2D eigenvalue weighted by Crippen LogP contribution is -2.47. The van der Waals surface area contributed by atoms with Crippen LogP contribution in [-0.2, 0) is 16.1 Å². The van der Waals surface area contributed by atoms with Crippen molar-refractivity contribution < 1.29 is 19.1 Å². The number of hydrogen-bond donors (Lipinski definition) is 1. The molecule has 0 atom stereocenters. The Labute approximate surface area is 222 Å². The molecule has 1 aliphatic rings. The van der Waals surface area contributed by atoms with E-state index in [2.05, 4.69) is 42.1 Å². The number of benzene rings is 2. The number of likely N-dealkylation sites (N-methyl/N-ethyl adjacent to an activating group) is 1. The lowest BCUT2D eigenvalue weighted by Gasteiger charge is -2.32. The first-order valence-electron chi connectivity index (χ1n) is 12.1. The Balaban J connectivity index is 0.000000208. The van der Waals surface area contributed by atoms with Crippen molar-refractivity contribution in [2.45, 2.75) is 20.0 Å². The van der Waals surface area contributed by atoms with Gasteiger partial charge in [-0.15, -0.1) is 0 Å². The Bertz CT molecular complexity index is 1160. The zero-order valence-corrected chi connectivity index (χ0v) is 22.0. The third kappa shape index (κ3) is 9.49. The monoisotopic (exact) mass is 524 g/mol. The second-order valence-corrected chi connectivity index (χ2v) is 9.19. The summed E-state index contributed by atoms with van der Waals surface area (Å²) < 4.78 is 11.1. The molecule has 9 heteroatoms. The lowest BCUT2D eigenvalue weighted by molar-refractivity contribution is -0.134. The summed E-state index contributed by atoms with van der Waals surface area (Å²) in [5, 5.41) is 0.605. The SMILES string of the molecule is Cc1cccc(COCCC(=O)N2CCN(C)CC2)c1.NC(=O)c1cccnc1Oc1ccc(Cl)cc1. The standard InChI is InChI=1S/C16H24N2O2.C12H9ClN2O2/c1-14-4-3-5-15(12-14)13-20-11-6-16(19)18-9-7-17(2)8-10-18;13-8-3-5-9(6-4-8)17-12-10(11(14)16)2-1-7-15-12/h3-5,12H,6-11,13H2,1-2H3;1-7H,(H2,14,16). The zero-order chi connectivity index (χ0) is 26.6. The molecule has 4 rings (SSSR count). The molecule has 8 nitrogen and oxygen atoms in total. The second kappa shape index (κ2) is 14.3. The van der Waals surface area contributed by atoms with E-state index in [-0.39, 0.29) is 17.4 Å². The molecule has 0 aliphatic carbocycles. The van der Waals surface area contributed by atoms with Gasteiger partial charge in [-0.05, 0) is 55.9 Å². The van der Waals surface area contributed by atoms with Gasteiger partial charge in [0, 0.05) is 37.4 Å². The smallest absolute Gasteiger partial charge is 0.254 e. The van der Waals surface area contributed by atoms with Gasteiger partial charge in [-0.3, -0.25) is 9.59 Å². The summed E-state index contributed by atoms with van der Waals surface area (Å²) in [4.78, 5) is 31.3.